The summed E-state index contributed by atoms with van der Waals surface area (Å²) >= 11 is 11.5. The predicted octanol–water partition coefficient (Wildman–Crippen LogP) is 4.52. The third-order valence-electron chi connectivity index (χ3n) is 3.35. The van der Waals surface area contributed by atoms with Crippen molar-refractivity contribution in [3.05, 3.63) is 69.5 Å². The van der Waals surface area contributed by atoms with Gasteiger partial charge in [0, 0.05) is 11.1 Å². The van der Waals surface area contributed by atoms with Gasteiger partial charge in [0.2, 0.25) is 0 Å². The van der Waals surface area contributed by atoms with Crippen LogP contribution in [0, 0.1) is 5.82 Å². The second-order valence-corrected chi connectivity index (χ2v) is 5.69. The standard InChI is InChI=1S/C16H16Cl2FNO/c1-10(11-2-5-13(17)6-3-11)20-16(9-21)12-4-7-14(18)15(19)8-12/h2-8,10,16,20-21H,9H2,1H3/t10-,16+/m1/s1. The van der Waals surface area contributed by atoms with Gasteiger partial charge in [-0.2, -0.15) is 0 Å². The Hall–Kier alpha value is -1.13. The zero-order chi connectivity index (χ0) is 15.4. The zero-order valence-electron chi connectivity index (χ0n) is 11.5. The molecule has 21 heavy (non-hydrogen) atoms. The zero-order valence-corrected chi connectivity index (χ0v) is 13.0. The Balaban J connectivity index is 2.14. The van der Waals surface area contributed by atoms with Gasteiger partial charge < -0.3 is 10.4 Å². The van der Waals surface area contributed by atoms with Crippen LogP contribution in [0.15, 0.2) is 42.5 Å². The van der Waals surface area contributed by atoms with Crippen molar-refractivity contribution >= 4 is 23.2 Å². The topological polar surface area (TPSA) is 32.3 Å². The fourth-order valence-electron chi connectivity index (χ4n) is 2.13. The monoisotopic (exact) mass is 327 g/mol. The second-order valence-electron chi connectivity index (χ2n) is 4.85. The van der Waals surface area contributed by atoms with Crippen LogP contribution in [0.25, 0.3) is 0 Å². The molecule has 0 aliphatic rings. The molecule has 0 aliphatic carbocycles. The van der Waals surface area contributed by atoms with Gasteiger partial charge in [-0.15, -0.1) is 0 Å². The summed E-state index contributed by atoms with van der Waals surface area (Å²) in [5.41, 5.74) is 1.69. The molecular weight excluding hydrogens is 312 g/mol. The number of hydrogen-bond acceptors (Lipinski definition) is 2. The molecule has 0 heterocycles. The molecule has 0 saturated heterocycles. The van der Waals surface area contributed by atoms with Gasteiger partial charge in [-0.3, -0.25) is 0 Å². The molecule has 112 valence electrons. The summed E-state index contributed by atoms with van der Waals surface area (Å²) < 4.78 is 13.5. The van der Waals surface area contributed by atoms with Crippen molar-refractivity contribution in [2.45, 2.75) is 19.0 Å². The highest BCUT2D eigenvalue weighted by Crippen LogP contribution is 2.23. The smallest absolute Gasteiger partial charge is 0.142 e. The van der Waals surface area contributed by atoms with E-state index in [2.05, 4.69) is 5.32 Å². The number of benzene rings is 2. The molecule has 0 saturated carbocycles. The lowest BCUT2D eigenvalue weighted by Crippen LogP contribution is -2.27. The Morgan fingerprint density at radius 2 is 1.71 bits per heavy atom. The second kappa shape index (κ2) is 7.23. The van der Waals surface area contributed by atoms with Gasteiger partial charge in [-0.05, 0) is 42.3 Å². The molecular formula is C16H16Cl2FNO. The minimum Gasteiger partial charge on any atom is -0.394 e. The average Bonchev–Trinajstić information content (AvgIpc) is 2.48. The maximum absolute atomic E-state index is 13.5. The molecule has 2 rings (SSSR count). The molecule has 0 bridgehead atoms. The van der Waals surface area contributed by atoms with Crippen LogP contribution in [0.4, 0.5) is 4.39 Å². The largest absolute Gasteiger partial charge is 0.394 e. The van der Waals surface area contributed by atoms with E-state index >= 15 is 0 Å². The van der Waals surface area contributed by atoms with Crippen molar-refractivity contribution in [1.29, 1.82) is 0 Å². The van der Waals surface area contributed by atoms with Gasteiger partial charge in [0.25, 0.3) is 0 Å². The highest BCUT2D eigenvalue weighted by atomic mass is 35.5. The first kappa shape index (κ1) is 16.2. The van der Waals surface area contributed by atoms with E-state index < -0.39 is 5.82 Å². The molecule has 0 unspecified atom stereocenters. The number of halogens is 3. The Bertz CT molecular complexity index is 604. The summed E-state index contributed by atoms with van der Waals surface area (Å²) in [5, 5.41) is 13.5. The number of rotatable bonds is 5. The summed E-state index contributed by atoms with van der Waals surface area (Å²) in [6, 6.07) is 11.6. The van der Waals surface area contributed by atoms with Gasteiger partial charge >= 0.3 is 0 Å². The lowest BCUT2D eigenvalue weighted by Gasteiger charge is -2.22. The minimum absolute atomic E-state index is 0.0156. The van der Waals surface area contributed by atoms with Crippen molar-refractivity contribution in [1.82, 2.24) is 5.32 Å². The summed E-state index contributed by atoms with van der Waals surface area (Å²) in [7, 11) is 0. The highest BCUT2D eigenvalue weighted by molar-refractivity contribution is 6.30. The normalized spacial score (nSPS) is 14.0. The van der Waals surface area contributed by atoms with Crippen LogP contribution in [-0.2, 0) is 0 Å². The summed E-state index contributed by atoms with van der Waals surface area (Å²) in [4.78, 5) is 0. The van der Waals surface area contributed by atoms with Crippen LogP contribution >= 0.6 is 23.2 Å². The maximum atomic E-state index is 13.5. The van der Waals surface area contributed by atoms with Crippen LogP contribution in [0.5, 0.6) is 0 Å². The first-order valence-corrected chi connectivity index (χ1v) is 7.34. The van der Waals surface area contributed by atoms with Crippen LogP contribution in [-0.4, -0.2) is 11.7 Å². The van der Waals surface area contributed by atoms with Crippen molar-refractivity contribution < 1.29 is 9.50 Å². The molecule has 0 spiro atoms. The molecule has 2 aromatic rings. The average molecular weight is 328 g/mol. The van der Waals surface area contributed by atoms with E-state index in [4.69, 9.17) is 23.2 Å². The predicted molar refractivity (Wildman–Crippen MR) is 84.2 cm³/mol. The van der Waals surface area contributed by atoms with Crippen molar-refractivity contribution in [3.8, 4) is 0 Å². The summed E-state index contributed by atoms with van der Waals surface area (Å²) in [6.07, 6.45) is 0. The molecule has 0 fully saturated rings. The van der Waals surface area contributed by atoms with E-state index in [1.54, 1.807) is 6.07 Å². The molecule has 0 amide bonds. The van der Waals surface area contributed by atoms with Crippen molar-refractivity contribution in [2.75, 3.05) is 6.61 Å². The van der Waals surface area contributed by atoms with Crippen molar-refractivity contribution in [3.63, 3.8) is 0 Å². The molecule has 0 aromatic heterocycles. The summed E-state index contributed by atoms with van der Waals surface area (Å²) in [6.45, 7) is 1.83. The van der Waals surface area contributed by atoms with E-state index in [0.29, 0.717) is 10.6 Å². The Morgan fingerprint density at radius 1 is 1.10 bits per heavy atom. The van der Waals surface area contributed by atoms with Gasteiger partial charge in [-0.25, -0.2) is 4.39 Å². The van der Waals surface area contributed by atoms with E-state index in [9.17, 15) is 9.50 Å². The molecule has 2 nitrogen and oxygen atoms in total. The molecule has 2 aromatic carbocycles. The molecule has 2 N–H and O–H groups in total. The lowest BCUT2D eigenvalue weighted by atomic mass is 10.0. The number of hydrogen-bond donors (Lipinski definition) is 2. The van der Waals surface area contributed by atoms with Gasteiger partial charge in [0.15, 0.2) is 0 Å². The minimum atomic E-state index is -0.492. The quantitative estimate of drug-likeness (QED) is 0.846. The lowest BCUT2D eigenvalue weighted by molar-refractivity contribution is 0.235. The Labute approximate surface area is 133 Å². The van der Waals surface area contributed by atoms with Crippen LogP contribution in [0.1, 0.15) is 30.1 Å². The fraction of sp³-hybridized carbons (Fsp3) is 0.250. The molecule has 5 heteroatoms. The molecule has 2 atom stereocenters. The third kappa shape index (κ3) is 4.17. The first-order valence-electron chi connectivity index (χ1n) is 6.58. The Morgan fingerprint density at radius 3 is 2.29 bits per heavy atom. The van der Waals surface area contributed by atoms with Gasteiger partial charge in [-0.1, -0.05) is 41.4 Å². The SMILES string of the molecule is C[C@@H](N[C@@H](CO)c1ccc(Cl)c(F)c1)c1ccc(Cl)cc1. The molecule has 0 aliphatic heterocycles. The van der Waals surface area contributed by atoms with E-state index in [-0.39, 0.29) is 23.7 Å². The molecule has 0 radical (unpaired) electrons. The van der Waals surface area contributed by atoms with Crippen LogP contribution in [0.2, 0.25) is 10.0 Å². The van der Waals surface area contributed by atoms with Gasteiger partial charge in [0.1, 0.15) is 5.82 Å². The maximum Gasteiger partial charge on any atom is 0.142 e. The van der Waals surface area contributed by atoms with Crippen molar-refractivity contribution in [2.24, 2.45) is 0 Å². The summed E-state index contributed by atoms with van der Waals surface area (Å²) in [5.74, 6) is -0.492. The van der Waals surface area contributed by atoms with Gasteiger partial charge in [0.05, 0.1) is 17.7 Å². The first-order chi connectivity index (χ1) is 10.0. The van der Waals surface area contributed by atoms with Crippen LogP contribution < -0.4 is 5.32 Å². The number of nitrogens with one attached hydrogen (secondary N) is 1. The van der Waals surface area contributed by atoms with E-state index in [1.165, 1.54) is 12.1 Å². The van der Waals surface area contributed by atoms with E-state index in [0.717, 1.165) is 5.56 Å². The Kier molecular flexibility index (Phi) is 5.59. The number of aliphatic hydroxyl groups excluding tert-OH is 1. The van der Waals surface area contributed by atoms with Crippen LogP contribution in [0.3, 0.4) is 0 Å². The highest BCUT2D eigenvalue weighted by Gasteiger charge is 2.16. The third-order valence-corrected chi connectivity index (χ3v) is 3.91. The van der Waals surface area contributed by atoms with E-state index in [1.807, 2.05) is 31.2 Å². The fourth-order valence-corrected chi connectivity index (χ4v) is 2.38. The number of aliphatic hydroxyl groups is 1.